The number of rotatable bonds is 7. The van der Waals surface area contributed by atoms with Gasteiger partial charge in [0.25, 0.3) is 0 Å². The predicted octanol–water partition coefficient (Wildman–Crippen LogP) is 2.48. The van der Waals surface area contributed by atoms with E-state index in [1.54, 1.807) is 0 Å². The number of aliphatic hydroxyl groups is 1. The number of aryl methyl sites for hydroxylation is 2. The number of anilines is 1. The molecule has 116 valence electrons. The molecule has 0 spiro atoms. The Morgan fingerprint density at radius 3 is 2.71 bits per heavy atom. The second-order valence-electron chi connectivity index (χ2n) is 6.00. The van der Waals surface area contributed by atoms with E-state index in [4.69, 9.17) is 5.11 Å². The van der Waals surface area contributed by atoms with Crippen molar-refractivity contribution in [3.63, 3.8) is 0 Å². The van der Waals surface area contributed by atoms with E-state index < -0.39 is 0 Å². The second kappa shape index (κ2) is 7.57. The van der Waals surface area contributed by atoms with Crippen LogP contribution in [0.2, 0.25) is 0 Å². The number of carbonyl (C=O) groups excluding carboxylic acids is 1. The molecule has 0 saturated heterocycles. The summed E-state index contributed by atoms with van der Waals surface area (Å²) in [5.41, 5.74) is 3.18. The summed E-state index contributed by atoms with van der Waals surface area (Å²) in [6, 6.07) is 6.56. The Balaban J connectivity index is 1.91. The predicted molar refractivity (Wildman–Crippen MR) is 85.5 cm³/mol. The summed E-state index contributed by atoms with van der Waals surface area (Å²) in [5.74, 6) is 0.0341. The maximum atomic E-state index is 12.3. The van der Waals surface area contributed by atoms with Crippen molar-refractivity contribution < 1.29 is 9.90 Å². The fraction of sp³-hybridized carbons (Fsp3) is 0.588. The van der Waals surface area contributed by atoms with Gasteiger partial charge in [-0.05, 0) is 44.7 Å². The third-order valence-electron chi connectivity index (χ3n) is 4.20. The summed E-state index contributed by atoms with van der Waals surface area (Å²) in [4.78, 5) is 14.5. The van der Waals surface area contributed by atoms with Crippen molar-refractivity contribution in [2.24, 2.45) is 0 Å². The highest BCUT2D eigenvalue weighted by Gasteiger charge is 2.26. The van der Waals surface area contributed by atoms with Crippen LogP contribution in [0.15, 0.2) is 18.2 Å². The van der Waals surface area contributed by atoms with Crippen LogP contribution in [-0.4, -0.2) is 41.7 Å². The van der Waals surface area contributed by atoms with Gasteiger partial charge in [0.1, 0.15) is 0 Å². The third kappa shape index (κ3) is 4.55. The molecular formula is C17H26N2O2. The average Bonchev–Trinajstić information content (AvgIpc) is 2.37. The molecule has 0 aliphatic heterocycles. The van der Waals surface area contributed by atoms with Crippen LogP contribution < -0.4 is 5.32 Å². The Morgan fingerprint density at radius 2 is 2.14 bits per heavy atom. The van der Waals surface area contributed by atoms with Crippen LogP contribution in [0.5, 0.6) is 0 Å². The number of hydrogen-bond donors (Lipinski definition) is 2. The number of benzene rings is 1. The molecule has 1 aliphatic rings. The van der Waals surface area contributed by atoms with E-state index in [0.717, 1.165) is 24.2 Å². The van der Waals surface area contributed by atoms with Gasteiger partial charge in [0, 0.05) is 24.9 Å². The summed E-state index contributed by atoms with van der Waals surface area (Å²) in [6.07, 6.45) is 4.32. The number of nitrogens with zero attached hydrogens (tertiary/aromatic N) is 1. The molecule has 1 fully saturated rings. The summed E-state index contributed by atoms with van der Waals surface area (Å²) in [7, 11) is 0. The topological polar surface area (TPSA) is 52.6 Å². The van der Waals surface area contributed by atoms with Crippen molar-refractivity contribution in [2.75, 3.05) is 25.0 Å². The first-order valence-corrected chi connectivity index (χ1v) is 7.82. The lowest BCUT2D eigenvalue weighted by Crippen LogP contribution is -2.45. The van der Waals surface area contributed by atoms with Crippen LogP contribution in [0.25, 0.3) is 0 Å². The monoisotopic (exact) mass is 290 g/mol. The van der Waals surface area contributed by atoms with Crippen LogP contribution in [0.1, 0.15) is 36.8 Å². The van der Waals surface area contributed by atoms with E-state index in [2.05, 4.69) is 16.3 Å². The minimum atomic E-state index is 0.0341. The van der Waals surface area contributed by atoms with E-state index in [1.807, 2.05) is 26.0 Å². The van der Waals surface area contributed by atoms with Gasteiger partial charge >= 0.3 is 0 Å². The highest BCUT2D eigenvalue weighted by Crippen LogP contribution is 2.25. The number of aliphatic hydroxyl groups excluding tert-OH is 1. The standard InChI is InChI=1S/C17H26N2O2/c1-13-7-8-16(14(2)11-13)18-17(21)12-19(9-4-10-20)15-5-3-6-15/h7-8,11,15,20H,3-6,9-10,12H2,1-2H3,(H,18,21). The molecule has 1 aromatic rings. The zero-order valence-electron chi connectivity index (χ0n) is 13.1. The maximum absolute atomic E-state index is 12.3. The molecule has 4 nitrogen and oxygen atoms in total. The molecule has 21 heavy (non-hydrogen) atoms. The van der Waals surface area contributed by atoms with E-state index in [1.165, 1.54) is 24.8 Å². The molecule has 1 saturated carbocycles. The van der Waals surface area contributed by atoms with Crippen LogP contribution in [0.3, 0.4) is 0 Å². The Hall–Kier alpha value is -1.39. The lowest BCUT2D eigenvalue weighted by molar-refractivity contribution is -0.118. The highest BCUT2D eigenvalue weighted by molar-refractivity contribution is 5.93. The lowest BCUT2D eigenvalue weighted by atomic mass is 9.91. The highest BCUT2D eigenvalue weighted by atomic mass is 16.3. The van der Waals surface area contributed by atoms with Crippen molar-refractivity contribution in [2.45, 2.75) is 45.6 Å². The van der Waals surface area contributed by atoms with Crippen molar-refractivity contribution >= 4 is 11.6 Å². The molecule has 4 heteroatoms. The molecular weight excluding hydrogens is 264 g/mol. The van der Waals surface area contributed by atoms with Gasteiger partial charge in [0.15, 0.2) is 0 Å². The molecule has 1 amide bonds. The first-order valence-electron chi connectivity index (χ1n) is 7.82. The van der Waals surface area contributed by atoms with Gasteiger partial charge in [-0.25, -0.2) is 0 Å². The van der Waals surface area contributed by atoms with E-state index >= 15 is 0 Å². The first kappa shape index (κ1) is 16.0. The van der Waals surface area contributed by atoms with Gasteiger partial charge in [0.05, 0.1) is 6.54 Å². The third-order valence-corrected chi connectivity index (χ3v) is 4.20. The molecule has 0 bridgehead atoms. The Kier molecular flexibility index (Phi) is 5.76. The van der Waals surface area contributed by atoms with Gasteiger partial charge in [0.2, 0.25) is 5.91 Å². The molecule has 0 aromatic heterocycles. The molecule has 0 atom stereocenters. The van der Waals surface area contributed by atoms with Gasteiger partial charge in [-0.3, -0.25) is 9.69 Å². The van der Waals surface area contributed by atoms with Crippen LogP contribution in [0, 0.1) is 13.8 Å². The normalized spacial score (nSPS) is 15.0. The van der Waals surface area contributed by atoms with Crippen LogP contribution in [-0.2, 0) is 4.79 Å². The van der Waals surface area contributed by atoms with Gasteiger partial charge in [-0.1, -0.05) is 24.1 Å². The zero-order chi connectivity index (χ0) is 15.2. The van der Waals surface area contributed by atoms with Gasteiger partial charge in [-0.15, -0.1) is 0 Å². The molecule has 1 aromatic carbocycles. The van der Waals surface area contributed by atoms with Gasteiger partial charge in [-0.2, -0.15) is 0 Å². The fourth-order valence-corrected chi connectivity index (χ4v) is 2.74. The summed E-state index contributed by atoms with van der Waals surface area (Å²) < 4.78 is 0. The molecule has 0 radical (unpaired) electrons. The molecule has 2 rings (SSSR count). The summed E-state index contributed by atoms with van der Waals surface area (Å²) >= 11 is 0. The molecule has 0 unspecified atom stereocenters. The Morgan fingerprint density at radius 1 is 1.38 bits per heavy atom. The van der Waals surface area contributed by atoms with Crippen LogP contribution >= 0.6 is 0 Å². The minimum Gasteiger partial charge on any atom is -0.396 e. The first-order chi connectivity index (χ1) is 10.1. The minimum absolute atomic E-state index is 0.0341. The Bertz CT molecular complexity index is 484. The maximum Gasteiger partial charge on any atom is 0.238 e. The number of amides is 1. The van der Waals surface area contributed by atoms with E-state index in [-0.39, 0.29) is 12.5 Å². The van der Waals surface area contributed by atoms with Crippen LogP contribution in [0.4, 0.5) is 5.69 Å². The average molecular weight is 290 g/mol. The summed E-state index contributed by atoms with van der Waals surface area (Å²) in [5, 5.41) is 12.0. The number of carbonyl (C=O) groups is 1. The molecule has 1 aliphatic carbocycles. The summed E-state index contributed by atoms with van der Waals surface area (Å²) in [6.45, 7) is 5.45. The largest absolute Gasteiger partial charge is 0.396 e. The SMILES string of the molecule is Cc1ccc(NC(=O)CN(CCCO)C2CCC2)c(C)c1. The van der Waals surface area contributed by atoms with Crippen molar-refractivity contribution in [3.05, 3.63) is 29.3 Å². The fourth-order valence-electron chi connectivity index (χ4n) is 2.74. The second-order valence-corrected chi connectivity index (χ2v) is 6.00. The van der Waals surface area contributed by atoms with Gasteiger partial charge < -0.3 is 10.4 Å². The molecule has 2 N–H and O–H groups in total. The number of nitrogens with one attached hydrogen (secondary N) is 1. The molecule has 0 heterocycles. The lowest BCUT2D eigenvalue weighted by Gasteiger charge is -2.37. The quantitative estimate of drug-likeness (QED) is 0.811. The van der Waals surface area contributed by atoms with E-state index in [9.17, 15) is 4.79 Å². The smallest absolute Gasteiger partial charge is 0.238 e. The zero-order valence-corrected chi connectivity index (χ0v) is 13.1. The van der Waals surface area contributed by atoms with Crippen molar-refractivity contribution in [1.29, 1.82) is 0 Å². The van der Waals surface area contributed by atoms with Crippen molar-refractivity contribution in [3.8, 4) is 0 Å². The van der Waals surface area contributed by atoms with Crippen molar-refractivity contribution in [1.82, 2.24) is 4.90 Å². The number of hydrogen-bond acceptors (Lipinski definition) is 3. The van der Waals surface area contributed by atoms with E-state index in [0.29, 0.717) is 12.6 Å². The Labute approximate surface area is 127 Å².